The Morgan fingerprint density at radius 1 is 1.21 bits per heavy atom. The minimum atomic E-state index is -3.39. The first-order chi connectivity index (χ1) is 13.7. The van der Waals surface area contributed by atoms with Crippen molar-refractivity contribution in [1.82, 2.24) is 19.4 Å². The van der Waals surface area contributed by atoms with E-state index in [0.29, 0.717) is 13.0 Å². The quantitative estimate of drug-likeness (QED) is 0.663. The molecule has 0 spiro atoms. The largest absolute Gasteiger partial charge is 0.508 e. The first-order valence-electron chi connectivity index (χ1n) is 9.47. The average molecular weight is 413 g/mol. The highest BCUT2D eigenvalue weighted by Crippen LogP contribution is 2.26. The topological polar surface area (TPSA) is 88.3 Å². The fourth-order valence-corrected chi connectivity index (χ4v) is 4.45. The van der Waals surface area contributed by atoms with Crippen molar-refractivity contribution < 1.29 is 13.5 Å². The van der Waals surface area contributed by atoms with E-state index in [0.717, 1.165) is 47.7 Å². The van der Waals surface area contributed by atoms with E-state index in [2.05, 4.69) is 39.3 Å². The number of hydrogen-bond donors (Lipinski definition) is 1. The van der Waals surface area contributed by atoms with Crippen LogP contribution in [-0.2, 0) is 29.3 Å². The van der Waals surface area contributed by atoms with Gasteiger partial charge in [-0.25, -0.2) is 18.4 Å². The molecule has 3 heterocycles. The van der Waals surface area contributed by atoms with Crippen molar-refractivity contribution in [1.29, 1.82) is 0 Å². The first-order valence-corrected chi connectivity index (χ1v) is 11.4. The third-order valence-corrected chi connectivity index (χ3v) is 6.20. The van der Waals surface area contributed by atoms with Gasteiger partial charge in [0.1, 0.15) is 5.75 Å². The van der Waals surface area contributed by atoms with Crippen molar-refractivity contribution in [3.63, 3.8) is 0 Å². The molecule has 0 amide bonds. The minimum absolute atomic E-state index is 0.0978. The molecule has 1 aliphatic heterocycles. The average Bonchev–Trinajstić information content (AvgIpc) is 2.93. The Bertz CT molecular complexity index is 1180. The van der Waals surface area contributed by atoms with Gasteiger partial charge in [-0.15, -0.1) is 0 Å². The lowest BCUT2D eigenvalue weighted by Crippen LogP contribution is -2.31. The predicted molar refractivity (Wildman–Crippen MR) is 110 cm³/mol. The number of phenolic OH excluding ortho intramolecular Hbond substituents is 1. The van der Waals surface area contributed by atoms with Gasteiger partial charge in [0.05, 0.1) is 5.69 Å². The Kier molecular flexibility index (Phi) is 4.92. The number of aromatic hydroxyl groups is 1. The van der Waals surface area contributed by atoms with E-state index in [1.807, 2.05) is 12.1 Å². The van der Waals surface area contributed by atoms with Gasteiger partial charge in [-0.05, 0) is 37.6 Å². The normalized spacial score (nSPS) is 14.7. The molecule has 4 rings (SSSR count). The van der Waals surface area contributed by atoms with Crippen LogP contribution in [0, 0.1) is 13.8 Å². The van der Waals surface area contributed by atoms with E-state index >= 15 is 0 Å². The van der Waals surface area contributed by atoms with Crippen LogP contribution in [0.25, 0.3) is 5.69 Å². The molecule has 0 saturated carbocycles. The highest BCUT2D eigenvalue weighted by atomic mass is 32.2. The summed E-state index contributed by atoms with van der Waals surface area (Å²) in [6.45, 7) is 6.43. The van der Waals surface area contributed by atoms with Gasteiger partial charge >= 0.3 is 0 Å². The first kappa shape index (κ1) is 19.6. The molecule has 2 aromatic heterocycles. The van der Waals surface area contributed by atoms with Crippen LogP contribution in [0.15, 0.2) is 41.7 Å². The van der Waals surface area contributed by atoms with Crippen molar-refractivity contribution in [3.8, 4) is 11.4 Å². The summed E-state index contributed by atoms with van der Waals surface area (Å²) in [5.41, 5.74) is 6.22. The smallest absolute Gasteiger partial charge is 0.246 e. The van der Waals surface area contributed by atoms with Gasteiger partial charge in [0.15, 0.2) is 0 Å². The maximum Gasteiger partial charge on any atom is 0.246 e. The van der Waals surface area contributed by atoms with Gasteiger partial charge in [-0.3, -0.25) is 4.90 Å². The Morgan fingerprint density at radius 2 is 2.00 bits per heavy atom. The third-order valence-electron chi connectivity index (χ3n) is 5.34. The molecule has 1 aromatic carbocycles. The molecule has 1 N–H and O–H groups in total. The third kappa shape index (κ3) is 3.90. The molecule has 0 radical (unpaired) electrons. The van der Waals surface area contributed by atoms with Crippen LogP contribution in [0.1, 0.15) is 28.2 Å². The Labute approximate surface area is 170 Å². The lowest BCUT2D eigenvalue weighted by atomic mass is 10.1. The molecule has 8 heteroatoms. The number of hydrogen-bond acceptors (Lipinski definition) is 6. The Balaban J connectivity index is 1.56. The minimum Gasteiger partial charge on any atom is -0.508 e. The summed E-state index contributed by atoms with van der Waals surface area (Å²) in [7, 11) is -3.39. The van der Waals surface area contributed by atoms with Crippen LogP contribution >= 0.6 is 0 Å². The van der Waals surface area contributed by atoms with Gasteiger partial charge in [0.25, 0.3) is 0 Å². The lowest BCUT2D eigenvalue weighted by molar-refractivity contribution is 0.241. The fraction of sp³-hybridized carbons (Fsp3) is 0.333. The zero-order valence-corrected chi connectivity index (χ0v) is 17.6. The van der Waals surface area contributed by atoms with Crippen molar-refractivity contribution in [2.24, 2.45) is 0 Å². The van der Waals surface area contributed by atoms with Crippen LogP contribution in [0.5, 0.6) is 5.75 Å². The molecular weight excluding hydrogens is 388 g/mol. The summed E-state index contributed by atoms with van der Waals surface area (Å²) >= 11 is 0. The van der Waals surface area contributed by atoms with Gasteiger partial charge in [0, 0.05) is 67.2 Å². The van der Waals surface area contributed by atoms with Gasteiger partial charge in [0.2, 0.25) is 15.0 Å². The molecule has 0 aliphatic carbocycles. The lowest BCUT2D eigenvalue weighted by Gasteiger charge is -2.28. The monoisotopic (exact) mass is 412 g/mol. The van der Waals surface area contributed by atoms with Crippen molar-refractivity contribution in [2.45, 2.75) is 38.5 Å². The van der Waals surface area contributed by atoms with E-state index in [1.54, 1.807) is 18.3 Å². The SMILES string of the molecule is Cc1cc(CN2CCc3nc(S(C)(=O)=O)ncc3C2)c(C)n1-c1cccc(O)c1. The summed E-state index contributed by atoms with van der Waals surface area (Å²) < 4.78 is 25.5. The molecule has 1 aliphatic rings. The molecule has 152 valence electrons. The highest BCUT2D eigenvalue weighted by molar-refractivity contribution is 7.90. The number of nitrogens with zero attached hydrogens (tertiary/aromatic N) is 4. The molecular formula is C21H24N4O3S. The van der Waals surface area contributed by atoms with Crippen LogP contribution in [0.3, 0.4) is 0 Å². The van der Waals surface area contributed by atoms with Crippen LogP contribution < -0.4 is 0 Å². The maximum absolute atomic E-state index is 11.7. The summed E-state index contributed by atoms with van der Waals surface area (Å²) in [4.78, 5) is 10.6. The molecule has 3 aromatic rings. The van der Waals surface area contributed by atoms with Crippen LogP contribution in [-0.4, -0.2) is 45.8 Å². The highest BCUT2D eigenvalue weighted by Gasteiger charge is 2.22. The van der Waals surface area contributed by atoms with E-state index < -0.39 is 9.84 Å². The second-order valence-corrected chi connectivity index (χ2v) is 9.52. The fourth-order valence-electron chi connectivity index (χ4n) is 3.93. The molecule has 0 saturated heterocycles. The Morgan fingerprint density at radius 3 is 2.72 bits per heavy atom. The summed E-state index contributed by atoms with van der Waals surface area (Å²) in [5.74, 6) is 0.248. The standard InChI is InChI=1S/C21H24N4O3S/c1-14-9-16(15(2)25(14)18-5-4-6-19(26)10-18)12-24-8-7-20-17(13-24)11-22-21(23-20)29(3,27)28/h4-6,9-11,26H,7-8,12-13H2,1-3H3. The molecule has 0 atom stereocenters. The summed E-state index contributed by atoms with van der Waals surface area (Å²) in [6, 6.07) is 9.43. The van der Waals surface area contributed by atoms with E-state index in [4.69, 9.17) is 0 Å². The van der Waals surface area contributed by atoms with Crippen LogP contribution in [0.2, 0.25) is 0 Å². The second kappa shape index (κ2) is 7.27. The zero-order chi connectivity index (χ0) is 20.8. The van der Waals surface area contributed by atoms with Gasteiger partial charge < -0.3 is 9.67 Å². The number of sulfone groups is 1. The molecule has 0 fully saturated rings. The summed E-state index contributed by atoms with van der Waals surface area (Å²) in [5, 5.41) is 9.72. The predicted octanol–water partition coefficient (Wildman–Crippen LogP) is 2.55. The number of aromatic nitrogens is 3. The van der Waals surface area contributed by atoms with Crippen LogP contribution in [0.4, 0.5) is 0 Å². The van der Waals surface area contributed by atoms with E-state index in [-0.39, 0.29) is 10.9 Å². The molecule has 29 heavy (non-hydrogen) atoms. The van der Waals surface area contributed by atoms with Gasteiger partial charge in [-0.1, -0.05) is 6.07 Å². The maximum atomic E-state index is 11.7. The number of benzene rings is 1. The molecule has 0 bridgehead atoms. The van der Waals surface area contributed by atoms with Crippen molar-refractivity contribution in [2.75, 3.05) is 12.8 Å². The number of fused-ring (bicyclic) bond motifs is 1. The number of rotatable bonds is 4. The number of phenols is 1. The van der Waals surface area contributed by atoms with Crippen molar-refractivity contribution >= 4 is 9.84 Å². The Hall–Kier alpha value is -2.71. The van der Waals surface area contributed by atoms with E-state index in [1.165, 1.54) is 5.56 Å². The second-order valence-electron chi connectivity index (χ2n) is 7.61. The van der Waals surface area contributed by atoms with E-state index in [9.17, 15) is 13.5 Å². The summed E-state index contributed by atoms with van der Waals surface area (Å²) in [6.07, 6.45) is 3.47. The zero-order valence-electron chi connectivity index (χ0n) is 16.8. The van der Waals surface area contributed by atoms with Crippen molar-refractivity contribution in [3.05, 3.63) is 64.7 Å². The molecule has 0 unspecified atom stereocenters. The van der Waals surface area contributed by atoms with Gasteiger partial charge in [-0.2, -0.15) is 0 Å². The number of aryl methyl sites for hydroxylation is 1. The molecule has 7 nitrogen and oxygen atoms in total.